The van der Waals surface area contributed by atoms with Gasteiger partial charge in [-0.15, -0.1) is 0 Å². The van der Waals surface area contributed by atoms with E-state index in [0.29, 0.717) is 36.1 Å². The van der Waals surface area contributed by atoms with Gasteiger partial charge in [0, 0.05) is 48.2 Å². The van der Waals surface area contributed by atoms with E-state index in [1.165, 1.54) is 16.7 Å². The summed E-state index contributed by atoms with van der Waals surface area (Å²) in [5, 5.41) is 20.6. The third kappa shape index (κ3) is 2.90. The van der Waals surface area contributed by atoms with Gasteiger partial charge in [-0.05, 0) is 30.5 Å². The average molecular weight is 407 g/mol. The van der Waals surface area contributed by atoms with E-state index in [4.69, 9.17) is 5.21 Å². The Labute approximate surface area is 170 Å². The lowest BCUT2D eigenvalue weighted by Gasteiger charge is -2.43. The Morgan fingerprint density at radius 1 is 1.13 bits per heavy atom. The van der Waals surface area contributed by atoms with Crippen molar-refractivity contribution in [1.82, 2.24) is 14.5 Å². The number of rotatable bonds is 2. The molecule has 9 heteroatoms. The molecule has 2 aliphatic heterocycles. The number of amides is 1. The van der Waals surface area contributed by atoms with Gasteiger partial charge in [-0.3, -0.25) is 19.6 Å². The first kappa shape index (κ1) is 18.6. The monoisotopic (exact) mass is 407 g/mol. The summed E-state index contributed by atoms with van der Waals surface area (Å²) < 4.78 is 1.53. The van der Waals surface area contributed by atoms with Gasteiger partial charge >= 0.3 is 0 Å². The summed E-state index contributed by atoms with van der Waals surface area (Å²) in [6, 6.07) is 11.5. The summed E-state index contributed by atoms with van der Waals surface area (Å²) in [5.41, 5.74) is 0.548. The number of nitrogens with one attached hydrogen (secondary N) is 1. The quantitative estimate of drug-likeness (QED) is 0.623. The molecule has 0 aliphatic carbocycles. The standard InChI is InChI=1S/C21H19N4O5/c26-19-8-15(14-3-1-2-4-16(14)22-19)20(27)23-9-12-7-13(11-23)17-5-6-18(25(29)30)21(28)24(17)10-12/h1-6,8,12-13,29H,7,9-11H2,(H,22,26)/q-1. The molecule has 2 N–H and O–H groups in total. The second-order valence-corrected chi connectivity index (χ2v) is 7.93. The molecule has 0 saturated carbocycles. The van der Waals surface area contributed by atoms with Crippen molar-refractivity contribution >= 4 is 22.5 Å². The first-order valence-corrected chi connectivity index (χ1v) is 9.73. The molecule has 2 atom stereocenters. The number of H-pyrrole nitrogens is 1. The zero-order valence-corrected chi connectivity index (χ0v) is 15.9. The number of nitrogens with zero attached hydrogens (tertiary/aromatic N) is 3. The summed E-state index contributed by atoms with van der Waals surface area (Å²) in [4.78, 5) is 42.4. The predicted octanol–water partition coefficient (Wildman–Crippen LogP) is 1.64. The zero-order valence-electron chi connectivity index (χ0n) is 15.9. The van der Waals surface area contributed by atoms with Gasteiger partial charge in [0.25, 0.3) is 11.5 Å². The van der Waals surface area contributed by atoms with E-state index in [1.807, 2.05) is 12.1 Å². The fourth-order valence-electron chi connectivity index (χ4n) is 4.80. The highest BCUT2D eigenvalue weighted by Gasteiger charge is 2.37. The molecule has 0 spiro atoms. The molecule has 0 radical (unpaired) electrons. The largest absolute Gasteiger partial charge is 0.733 e. The van der Waals surface area contributed by atoms with Crippen LogP contribution in [0.15, 0.2) is 52.1 Å². The van der Waals surface area contributed by atoms with Crippen molar-refractivity contribution in [2.45, 2.75) is 18.9 Å². The predicted molar refractivity (Wildman–Crippen MR) is 110 cm³/mol. The van der Waals surface area contributed by atoms with Crippen LogP contribution in [0.1, 0.15) is 28.4 Å². The number of piperidine rings is 1. The summed E-state index contributed by atoms with van der Waals surface area (Å²) in [6.45, 7) is 1.23. The van der Waals surface area contributed by atoms with Gasteiger partial charge < -0.3 is 24.9 Å². The Hall–Kier alpha value is -3.43. The van der Waals surface area contributed by atoms with Crippen molar-refractivity contribution < 1.29 is 10.0 Å². The Balaban J connectivity index is 1.51. The highest BCUT2D eigenvalue weighted by Crippen LogP contribution is 2.36. The molecule has 1 amide bonds. The number of hydrogen-bond acceptors (Lipinski definition) is 6. The van der Waals surface area contributed by atoms with Crippen molar-refractivity contribution in [2.24, 2.45) is 5.92 Å². The minimum atomic E-state index is -0.528. The molecular formula is C21H19N4O5-. The van der Waals surface area contributed by atoms with E-state index >= 15 is 0 Å². The van der Waals surface area contributed by atoms with Gasteiger partial charge in [0.2, 0.25) is 5.56 Å². The third-order valence-electron chi connectivity index (χ3n) is 6.06. The molecule has 2 aliphatic rings. The Morgan fingerprint density at radius 3 is 2.73 bits per heavy atom. The number of para-hydroxylation sites is 1. The smallest absolute Gasteiger partial charge is 0.275 e. The Morgan fingerprint density at radius 2 is 1.93 bits per heavy atom. The number of carbonyl (C=O) groups is 1. The lowest BCUT2D eigenvalue weighted by Crippen LogP contribution is -2.49. The molecule has 4 heterocycles. The Bertz CT molecular complexity index is 1280. The fraction of sp³-hybridized carbons (Fsp3) is 0.286. The summed E-state index contributed by atoms with van der Waals surface area (Å²) in [5.74, 6) is -0.226. The second kappa shape index (κ2) is 6.82. The van der Waals surface area contributed by atoms with E-state index < -0.39 is 10.8 Å². The second-order valence-electron chi connectivity index (χ2n) is 7.93. The minimum absolute atomic E-state index is 0.0419. The third-order valence-corrected chi connectivity index (χ3v) is 6.06. The molecule has 1 fully saturated rings. The molecule has 30 heavy (non-hydrogen) atoms. The molecule has 2 unspecified atom stereocenters. The molecule has 9 nitrogen and oxygen atoms in total. The van der Waals surface area contributed by atoms with E-state index in [2.05, 4.69) is 4.98 Å². The SMILES string of the molecule is O=C(c1cc(=O)[nH]c2ccccc12)N1CC2CC(C1)c1ccc(N([O-])O)c(=O)n1C2. The normalized spacial score (nSPS) is 20.1. The van der Waals surface area contributed by atoms with Gasteiger partial charge in [0.1, 0.15) is 5.69 Å². The molecule has 3 aromatic rings. The number of pyridine rings is 2. The molecule has 1 saturated heterocycles. The number of benzene rings is 1. The average Bonchev–Trinajstić information content (AvgIpc) is 2.73. The van der Waals surface area contributed by atoms with E-state index in [0.717, 1.165) is 12.1 Å². The maximum absolute atomic E-state index is 13.3. The summed E-state index contributed by atoms with van der Waals surface area (Å²) in [7, 11) is 0. The number of likely N-dealkylation sites (tertiary alicyclic amines) is 1. The van der Waals surface area contributed by atoms with Gasteiger partial charge in [-0.1, -0.05) is 18.2 Å². The van der Waals surface area contributed by atoms with E-state index in [-0.39, 0.29) is 29.0 Å². The molecule has 154 valence electrons. The lowest BCUT2D eigenvalue weighted by atomic mass is 9.83. The maximum Gasteiger partial charge on any atom is 0.275 e. The van der Waals surface area contributed by atoms with Gasteiger partial charge in [-0.2, -0.15) is 0 Å². The number of anilines is 1. The number of carbonyl (C=O) groups excluding carboxylic acids is 1. The van der Waals surface area contributed by atoms with Crippen molar-refractivity contribution in [2.75, 3.05) is 18.3 Å². The lowest BCUT2D eigenvalue weighted by molar-refractivity contribution is 0.0596. The van der Waals surface area contributed by atoms with Gasteiger partial charge in [0.05, 0.1) is 5.56 Å². The topological polar surface area (TPSA) is 122 Å². The van der Waals surface area contributed by atoms with Gasteiger partial charge in [0.15, 0.2) is 0 Å². The van der Waals surface area contributed by atoms with Crippen LogP contribution >= 0.6 is 0 Å². The van der Waals surface area contributed by atoms with Crippen molar-refractivity contribution in [1.29, 1.82) is 0 Å². The number of aromatic amines is 1. The van der Waals surface area contributed by atoms with Crippen LogP contribution in [-0.4, -0.2) is 38.7 Å². The van der Waals surface area contributed by atoms with E-state index in [9.17, 15) is 19.6 Å². The molecular weight excluding hydrogens is 388 g/mol. The minimum Gasteiger partial charge on any atom is -0.733 e. The zero-order chi connectivity index (χ0) is 21.0. The number of hydrogen-bond donors (Lipinski definition) is 2. The van der Waals surface area contributed by atoms with Crippen LogP contribution in [0, 0.1) is 11.1 Å². The first-order chi connectivity index (χ1) is 14.4. The highest BCUT2D eigenvalue weighted by molar-refractivity contribution is 6.06. The van der Waals surface area contributed by atoms with Crippen LogP contribution in [0.5, 0.6) is 0 Å². The molecule has 2 bridgehead atoms. The molecule has 5 rings (SSSR count). The molecule has 1 aromatic carbocycles. The maximum atomic E-state index is 13.3. The van der Waals surface area contributed by atoms with Crippen LogP contribution in [0.4, 0.5) is 5.69 Å². The van der Waals surface area contributed by atoms with Crippen molar-refractivity contribution in [3.8, 4) is 0 Å². The van der Waals surface area contributed by atoms with E-state index in [1.54, 1.807) is 23.1 Å². The fourth-order valence-corrected chi connectivity index (χ4v) is 4.80. The summed E-state index contributed by atoms with van der Waals surface area (Å²) in [6.07, 6.45) is 0.832. The Kier molecular flexibility index (Phi) is 4.23. The van der Waals surface area contributed by atoms with Crippen LogP contribution in [0.25, 0.3) is 10.9 Å². The van der Waals surface area contributed by atoms with Crippen LogP contribution < -0.4 is 16.3 Å². The number of aromatic nitrogens is 2. The van der Waals surface area contributed by atoms with Crippen LogP contribution in [-0.2, 0) is 6.54 Å². The molecule has 2 aromatic heterocycles. The summed E-state index contributed by atoms with van der Waals surface area (Å²) >= 11 is 0. The van der Waals surface area contributed by atoms with Gasteiger partial charge in [-0.25, -0.2) is 0 Å². The van der Waals surface area contributed by atoms with Crippen LogP contribution in [0.2, 0.25) is 0 Å². The van der Waals surface area contributed by atoms with Crippen molar-refractivity contribution in [3.05, 3.63) is 79.6 Å². The number of fused-ring (bicyclic) bond motifs is 5. The van der Waals surface area contributed by atoms with Crippen LogP contribution in [0.3, 0.4) is 0 Å². The first-order valence-electron chi connectivity index (χ1n) is 9.73. The highest BCUT2D eigenvalue weighted by atomic mass is 16.8. The van der Waals surface area contributed by atoms with Crippen molar-refractivity contribution in [3.63, 3.8) is 0 Å².